The molecule has 0 aliphatic heterocycles. The van der Waals surface area contributed by atoms with Crippen LogP contribution in [0.15, 0.2) is 40.9 Å². The molecule has 0 radical (unpaired) electrons. The van der Waals surface area contributed by atoms with Crippen LogP contribution < -0.4 is 19.7 Å². The molecule has 2 aromatic carbocycles. The van der Waals surface area contributed by atoms with E-state index in [2.05, 4.69) is 21.2 Å². The normalized spacial score (nSPS) is 11.4. The molecular weight excluding hydrogens is 428 g/mol. The lowest BCUT2D eigenvalue weighted by Gasteiger charge is -2.16. The van der Waals surface area contributed by atoms with Gasteiger partial charge in [0.2, 0.25) is 0 Å². The van der Waals surface area contributed by atoms with Crippen LogP contribution in [0, 0.1) is 0 Å². The van der Waals surface area contributed by atoms with Gasteiger partial charge in [-0.15, -0.1) is 0 Å². The Balaban J connectivity index is 2.06. The van der Waals surface area contributed by atoms with Crippen LogP contribution in [0.5, 0.6) is 11.5 Å². The fourth-order valence-electron chi connectivity index (χ4n) is 2.36. The predicted molar refractivity (Wildman–Crippen MR) is 112 cm³/mol. The predicted octanol–water partition coefficient (Wildman–Crippen LogP) is 3.72. The molecule has 1 N–H and O–H groups in total. The lowest BCUT2D eigenvalue weighted by atomic mass is 10.2. The van der Waals surface area contributed by atoms with Gasteiger partial charge in [-0.1, -0.05) is 0 Å². The first-order valence-electron chi connectivity index (χ1n) is 8.47. The number of rotatable bonds is 7. The molecule has 1 atom stereocenters. The molecule has 8 heteroatoms. The van der Waals surface area contributed by atoms with Gasteiger partial charge in [0.15, 0.2) is 6.10 Å². The molecule has 0 fully saturated rings. The third-order valence-electron chi connectivity index (χ3n) is 3.99. The Hall–Kier alpha value is -2.74. The van der Waals surface area contributed by atoms with Gasteiger partial charge in [0.1, 0.15) is 16.0 Å². The maximum absolute atomic E-state index is 12.4. The average Bonchev–Trinajstić information content (AvgIpc) is 2.68. The van der Waals surface area contributed by atoms with Gasteiger partial charge in [-0.05, 0) is 59.3 Å². The first kappa shape index (κ1) is 21.6. The van der Waals surface area contributed by atoms with Crippen molar-refractivity contribution in [2.75, 3.05) is 38.5 Å². The van der Waals surface area contributed by atoms with Crippen molar-refractivity contribution in [2.45, 2.75) is 13.0 Å². The lowest BCUT2D eigenvalue weighted by Crippen LogP contribution is -2.30. The minimum absolute atomic E-state index is 0.215. The highest BCUT2D eigenvalue weighted by Crippen LogP contribution is 2.35. The van der Waals surface area contributed by atoms with Gasteiger partial charge in [0, 0.05) is 25.5 Å². The van der Waals surface area contributed by atoms with Crippen molar-refractivity contribution in [1.29, 1.82) is 0 Å². The van der Waals surface area contributed by atoms with Crippen molar-refractivity contribution < 1.29 is 23.8 Å². The molecule has 1 unspecified atom stereocenters. The number of nitrogens with zero attached hydrogens (tertiary/aromatic N) is 1. The van der Waals surface area contributed by atoms with Crippen molar-refractivity contribution in [3.8, 4) is 11.5 Å². The lowest BCUT2D eigenvalue weighted by molar-refractivity contribution is -0.123. The van der Waals surface area contributed by atoms with Crippen molar-refractivity contribution >= 4 is 39.2 Å². The maximum Gasteiger partial charge on any atom is 0.339 e. The first-order valence-corrected chi connectivity index (χ1v) is 9.26. The third-order valence-corrected chi connectivity index (χ3v) is 4.77. The summed E-state index contributed by atoms with van der Waals surface area (Å²) >= 11 is 3.34. The molecule has 0 aromatic heterocycles. The van der Waals surface area contributed by atoms with Crippen molar-refractivity contribution in [3.63, 3.8) is 0 Å². The molecule has 7 nitrogen and oxygen atoms in total. The molecule has 0 aliphatic rings. The molecule has 0 aliphatic carbocycles. The summed E-state index contributed by atoms with van der Waals surface area (Å²) in [7, 11) is 6.82. The van der Waals surface area contributed by atoms with E-state index in [4.69, 9.17) is 14.2 Å². The molecule has 0 bridgehead atoms. The SMILES string of the molecule is COc1cc(C(=O)OC(C)C(=O)Nc2ccc(N(C)C)cc2)cc(OC)c1Br. The van der Waals surface area contributed by atoms with E-state index in [0.29, 0.717) is 21.7 Å². The largest absolute Gasteiger partial charge is 0.495 e. The Labute approximate surface area is 172 Å². The van der Waals surface area contributed by atoms with Gasteiger partial charge in [-0.25, -0.2) is 4.79 Å². The number of benzene rings is 2. The number of hydrogen-bond donors (Lipinski definition) is 1. The van der Waals surface area contributed by atoms with Crippen LogP contribution in [-0.4, -0.2) is 46.3 Å². The summed E-state index contributed by atoms with van der Waals surface area (Å²) < 4.78 is 16.3. The fraction of sp³-hybridized carbons (Fsp3) is 0.300. The summed E-state index contributed by atoms with van der Waals surface area (Å²) in [5.74, 6) is -0.245. The van der Waals surface area contributed by atoms with Crippen LogP contribution in [0.3, 0.4) is 0 Å². The number of nitrogens with one attached hydrogen (secondary N) is 1. The van der Waals surface area contributed by atoms with E-state index in [1.807, 2.05) is 31.1 Å². The Morgan fingerprint density at radius 1 is 1.04 bits per heavy atom. The highest BCUT2D eigenvalue weighted by Gasteiger charge is 2.21. The van der Waals surface area contributed by atoms with Gasteiger partial charge in [-0.3, -0.25) is 4.79 Å². The van der Waals surface area contributed by atoms with E-state index < -0.39 is 18.0 Å². The van der Waals surface area contributed by atoms with Gasteiger partial charge in [0.25, 0.3) is 5.91 Å². The number of methoxy groups -OCH3 is 2. The van der Waals surface area contributed by atoms with Crippen molar-refractivity contribution in [2.24, 2.45) is 0 Å². The van der Waals surface area contributed by atoms with Crippen molar-refractivity contribution in [3.05, 3.63) is 46.4 Å². The minimum atomic E-state index is -0.985. The zero-order chi connectivity index (χ0) is 20.8. The number of esters is 1. The van der Waals surface area contributed by atoms with Crippen LogP contribution in [0.4, 0.5) is 11.4 Å². The van der Waals surface area contributed by atoms with E-state index in [-0.39, 0.29) is 5.56 Å². The fourth-order valence-corrected chi connectivity index (χ4v) is 2.91. The molecule has 28 heavy (non-hydrogen) atoms. The van der Waals surface area contributed by atoms with Crippen LogP contribution in [-0.2, 0) is 9.53 Å². The first-order chi connectivity index (χ1) is 13.3. The van der Waals surface area contributed by atoms with Crippen LogP contribution in [0.1, 0.15) is 17.3 Å². The average molecular weight is 451 g/mol. The Morgan fingerprint density at radius 2 is 1.57 bits per heavy atom. The topological polar surface area (TPSA) is 77.1 Å². The molecular formula is C20H23BrN2O5. The zero-order valence-corrected chi connectivity index (χ0v) is 18.0. The molecule has 0 saturated carbocycles. The summed E-state index contributed by atoms with van der Waals surface area (Å²) in [6.45, 7) is 1.51. The highest BCUT2D eigenvalue weighted by molar-refractivity contribution is 9.10. The van der Waals surface area contributed by atoms with E-state index >= 15 is 0 Å². The van der Waals surface area contributed by atoms with Gasteiger partial charge in [-0.2, -0.15) is 0 Å². The van der Waals surface area contributed by atoms with E-state index in [1.54, 1.807) is 12.1 Å². The molecule has 0 saturated heterocycles. The van der Waals surface area contributed by atoms with E-state index in [9.17, 15) is 9.59 Å². The van der Waals surface area contributed by atoms with Crippen LogP contribution in [0.2, 0.25) is 0 Å². The third kappa shape index (κ3) is 5.16. The van der Waals surface area contributed by atoms with Gasteiger partial charge < -0.3 is 24.4 Å². The molecule has 2 aromatic rings. The number of hydrogen-bond acceptors (Lipinski definition) is 6. The summed E-state index contributed by atoms with van der Waals surface area (Å²) in [6, 6.07) is 10.4. The Kier molecular flexibility index (Phi) is 7.28. The number of amides is 1. The Bertz CT molecular complexity index is 827. The number of carbonyl (C=O) groups excluding carboxylic acids is 2. The molecule has 2 rings (SSSR count). The van der Waals surface area contributed by atoms with Crippen molar-refractivity contribution in [1.82, 2.24) is 0 Å². The van der Waals surface area contributed by atoms with Gasteiger partial charge in [0.05, 0.1) is 19.8 Å². The summed E-state index contributed by atoms with van der Waals surface area (Å²) in [5.41, 5.74) is 1.84. The number of ether oxygens (including phenoxy) is 3. The highest BCUT2D eigenvalue weighted by atomic mass is 79.9. The Morgan fingerprint density at radius 3 is 2.04 bits per heavy atom. The number of carbonyl (C=O) groups is 2. The summed E-state index contributed by atoms with van der Waals surface area (Å²) in [4.78, 5) is 26.7. The number of halogens is 1. The van der Waals surface area contributed by atoms with Crippen LogP contribution in [0.25, 0.3) is 0 Å². The van der Waals surface area contributed by atoms with E-state index in [1.165, 1.54) is 33.3 Å². The second-order valence-electron chi connectivity index (χ2n) is 6.17. The summed E-state index contributed by atoms with van der Waals surface area (Å²) in [6.07, 6.45) is -0.985. The molecule has 0 heterocycles. The van der Waals surface area contributed by atoms with Crippen LogP contribution >= 0.6 is 15.9 Å². The second-order valence-corrected chi connectivity index (χ2v) is 6.97. The molecule has 150 valence electrons. The maximum atomic E-state index is 12.4. The monoisotopic (exact) mass is 450 g/mol. The minimum Gasteiger partial charge on any atom is -0.495 e. The van der Waals surface area contributed by atoms with E-state index in [0.717, 1.165) is 5.69 Å². The van der Waals surface area contributed by atoms with Gasteiger partial charge >= 0.3 is 5.97 Å². The second kappa shape index (κ2) is 9.45. The standard InChI is InChI=1S/C20H23BrN2O5/c1-12(19(24)22-14-6-8-15(9-7-14)23(2)3)28-20(25)13-10-16(26-4)18(21)17(11-13)27-5/h6-12H,1-5H3,(H,22,24). The summed E-state index contributed by atoms with van der Waals surface area (Å²) in [5, 5.41) is 2.73. The molecule has 1 amide bonds. The smallest absolute Gasteiger partial charge is 0.339 e. The number of anilines is 2. The zero-order valence-electron chi connectivity index (χ0n) is 16.4. The quantitative estimate of drug-likeness (QED) is 0.647. The molecule has 0 spiro atoms.